The molecule has 0 unspecified atom stereocenters. The third-order valence-corrected chi connectivity index (χ3v) is 3.72. The fourth-order valence-corrected chi connectivity index (χ4v) is 2.59. The number of aromatic nitrogens is 3. The molecule has 3 nitrogen and oxygen atoms in total. The van der Waals surface area contributed by atoms with E-state index in [0.717, 1.165) is 24.4 Å². The highest BCUT2D eigenvalue weighted by Gasteiger charge is 2.11. The van der Waals surface area contributed by atoms with Crippen LogP contribution < -0.4 is 0 Å². The molecule has 0 fully saturated rings. The van der Waals surface area contributed by atoms with E-state index in [1.54, 1.807) is 0 Å². The van der Waals surface area contributed by atoms with E-state index in [0.29, 0.717) is 5.28 Å². The molecular formula is C17H16ClN3. The zero-order valence-corrected chi connectivity index (χ0v) is 12.6. The summed E-state index contributed by atoms with van der Waals surface area (Å²) in [5, 5.41) is 8.63. The molecule has 0 saturated heterocycles. The van der Waals surface area contributed by atoms with Crippen LogP contribution in [0.3, 0.4) is 0 Å². The number of hydrogen-bond donors (Lipinski definition) is 0. The molecule has 0 N–H and O–H groups in total. The zero-order chi connectivity index (χ0) is 14.7. The highest BCUT2D eigenvalue weighted by atomic mass is 35.5. The van der Waals surface area contributed by atoms with Gasteiger partial charge < -0.3 is 0 Å². The molecule has 0 aliphatic heterocycles. The number of aryl methyl sites for hydroxylation is 2. The van der Waals surface area contributed by atoms with Gasteiger partial charge in [-0.1, -0.05) is 60.2 Å². The van der Waals surface area contributed by atoms with Crippen molar-refractivity contribution in [3.63, 3.8) is 0 Å². The van der Waals surface area contributed by atoms with Crippen LogP contribution in [0.1, 0.15) is 11.1 Å². The van der Waals surface area contributed by atoms with Gasteiger partial charge in [-0.25, -0.2) is 0 Å². The van der Waals surface area contributed by atoms with Crippen LogP contribution in [0.5, 0.6) is 0 Å². The molecule has 0 atom stereocenters. The lowest BCUT2D eigenvalue weighted by atomic mass is 10.1. The molecule has 0 radical (unpaired) electrons. The molecule has 2 aromatic carbocycles. The van der Waals surface area contributed by atoms with Crippen molar-refractivity contribution in [2.45, 2.75) is 19.9 Å². The van der Waals surface area contributed by atoms with Crippen molar-refractivity contribution in [1.82, 2.24) is 14.8 Å². The molecule has 0 aliphatic carbocycles. The van der Waals surface area contributed by atoms with E-state index in [9.17, 15) is 0 Å². The van der Waals surface area contributed by atoms with E-state index < -0.39 is 0 Å². The second kappa shape index (κ2) is 6.10. The number of hydrogen-bond acceptors (Lipinski definition) is 2. The summed E-state index contributed by atoms with van der Waals surface area (Å²) in [5.41, 5.74) is 3.59. The highest BCUT2D eigenvalue weighted by molar-refractivity contribution is 6.28. The predicted molar refractivity (Wildman–Crippen MR) is 85.4 cm³/mol. The Morgan fingerprint density at radius 1 is 1.00 bits per heavy atom. The van der Waals surface area contributed by atoms with E-state index in [-0.39, 0.29) is 0 Å². The van der Waals surface area contributed by atoms with Gasteiger partial charge in [-0.15, -0.1) is 10.2 Å². The first-order valence-electron chi connectivity index (χ1n) is 6.94. The maximum Gasteiger partial charge on any atom is 0.225 e. The van der Waals surface area contributed by atoms with Gasteiger partial charge in [0.15, 0.2) is 5.82 Å². The first kappa shape index (κ1) is 13.8. The summed E-state index contributed by atoms with van der Waals surface area (Å²) >= 11 is 6.18. The standard InChI is InChI=1S/C17H16ClN3/c1-13-6-5-7-14(12-13)10-11-21-16(19-20-17(21)18)15-8-3-2-4-9-15/h2-9,12H,10-11H2,1H3. The maximum atomic E-state index is 6.18. The van der Waals surface area contributed by atoms with Gasteiger partial charge in [0.25, 0.3) is 0 Å². The van der Waals surface area contributed by atoms with Gasteiger partial charge in [-0.05, 0) is 30.5 Å². The van der Waals surface area contributed by atoms with Crippen molar-refractivity contribution in [2.75, 3.05) is 0 Å². The molecule has 4 heteroatoms. The summed E-state index contributed by atoms with van der Waals surface area (Å²) < 4.78 is 1.96. The van der Waals surface area contributed by atoms with Crippen molar-refractivity contribution in [3.8, 4) is 11.4 Å². The van der Waals surface area contributed by atoms with E-state index in [1.165, 1.54) is 11.1 Å². The molecule has 0 amide bonds. The van der Waals surface area contributed by atoms with Crippen LogP contribution in [0.4, 0.5) is 0 Å². The molecule has 0 aliphatic rings. The summed E-state index contributed by atoms with van der Waals surface area (Å²) in [6, 6.07) is 18.5. The van der Waals surface area contributed by atoms with Gasteiger partial charge in [0.2, 0.25) is 5.28 Å². The molecule has 0 spiro atoms. The van der Waals surface area contributed by atoms with E-state index in [4.69, 9.17) is 11.6 Å². The molecule has 0 saturated carbocycles. The molecule has 3 rings (SSSR count). The van der Waals surface area contributed by atoms with Gasteiger partial charge in [0.05, 0.1) is 0 Å². The zero-order valence-electron chi connectivity index (χ0n) is 11.8. The van der Waals surface area contributed by atoms with Crippen molar-refractivity contribution in [2.24, 2.45) is 0 Å². The summed E-state index contributed by atoms with van der Waals surface area (Å²) in [6.07, 6.45) is 0.902. The minimum Gasteiger partial charge on any atom is -0.297 e. The van der Waals surface area contributed by atoms with Crippen molar-refractivity contribution >= 4 is 11.6 Å². The third kappa shape index (κ3) is 3.14. The summed E-state index contributed by atoms with van der Waals surface area (Å²) in [5.74, 6) is 0.813. The second-order valence-corrected chi connectivity index (χ2v) is 5.39. The van der Waals surface area contributed by atoms with Crippen molar-refractivity contribution < 1.29 is 0 Å². The molecule has 21 heavy (non-hydrogen) atoms. The summed E-state index contributed by atoms with van der Waals surface area (Å²) in [7, 11) is 0. The topological polar surface area (TPSA) is 30.7 Å². The van der Waals surface area contributed by atoms with Crippen LogP contribution in [0.25, 0.3) is 11.4 Å². The smallest absolute Gasteiger partial charge is 0.225 e. The molecule has 3 aromatic rings. The fourth-order valence-electron chi connectivity index (χ4n) is 2.39. The lowest BCUT2D eigenvalue weighted by molar-refractivity contribution is 0.701. The Morgan fingerprint density at radius 2 is 1.81 bits per heavy atom. The van der Waals surface area contributed by atoms with Crippen LogP contribution in [-0.4, -0.2) is 14.8 Å². The van der Waals surface area contributed by atoms with Crippen LogP contribution >= 0.6 is 11.6 Å². The van der Waals surface area contributed by atoms with Crippen LogP contribution in [0, 0.1) is 6.92 Å². The minimum atomic E-state index is 0.432. The molecule has 0 bridgehead atoms. The van der Waals surface area contributed by atoms with Crippen molar-refractivity contribution in [1.29, 1.82) is 0 Å². The number of halogens is 1. The van der Waals surface area contributed by atoms with Gasteiger partial charge >= 0.3 is 0 Å². The Bertz CT molecular complexity index is 735. The first-order chi connectivity index (χ1) is 10.2. The van der Waals surface area contributed by atoms with Crippen LogP contribution in [0.15, 0.2) is 54.6 Å². The average Bonchev–Trinajstić information content (AvgIpc) is 2.87. The van der Waals surface area contributed by atoms with Gasteiger partial charge in [-0.2, -0.15) is 0 Å². The van der Waals surface area contributed by atoms with Crippen LogP contribution in [0.2, 0.25) is 5.28 Å². The van der Waals surface area contributed by atoms with Gasteiger partial charge in [0.1, 0.15) is 0 Å². The van der Waals surface area contributed by atoms with E-state index in [2.05, 4.69) is 41.4 Å². The molecule has 1 aromatic heterocycles. The SMILES string of the molecule is Cc1cccc(CCn2c(Cl)nnc2-c2ccccc2)c1. The monoisotopic (exact) mass is 297 g/mol. The molecule has 106 valence electrons. The second-order valence-electron chi connectivity index (χ2n) is 5.05. The Kier molecular flexibility index (Phi) is 4.02. The normalized spacial score (nSPS) is 10.8. The fraction of sp³-hybridized carbons (Fsp3) is 0.176. The Morgan fingerprint density at radius 3 is 2.57 bits per heavy atom. The van der Waals surface area contributed by atoms with Gasteiger partial charge in [-0.3, -0.25) is 4.57 Å². The Hall–Kier alpha value is -2.13. The van der Waals surface area contributed by atoms with Gasteiger partial charge in [0, 0.05) is 12.1 Å². The lowest BCUT2D eigenvalue weighted by Gasteiger charge is -2.08. The molecular weight excluding hydrogens is 282 g/mol. The number of rotatable bonds is 4. The largest absolute Gasteiger partial charge is 0.297 e. The summed E-state index contributed by atoms with van der Waals surface area (Å²) in [6.45, 7) is 2.87. The predicted octanol–water partition coefficient (Wildman–Crippen LogP) is 4.15. The lowest BCUT2D eigenvalue weighted by Crippen LogP contribution is -2.04. The minimum absolute atomic E-state index is 0.432. The highest BCUT2D eigenvalue weighted by Crippen LogP contribution is 2.21. The Labute approximate surface area is 129 Å². The summed E-state index contributed by atoms with van der Waals surface area (Å²) in [4.78, 5) is 0. The van der Waals surface area contributed by atoms with E-state index in [1.807, 2.05) is 34.9 Å². The quantitative estimate of drug-likeness (QED) is 0.724. The first-order valence-corrected chi connectivity index (χ1v) is 7.31. The Balaban J connectivity index is 1.84. The van der Waals surface area contributed by atoms with E-state index >= 15 is 0 Å². The van der Waals surface area contributed by atoms with Crippen LogP contribution in [-0.2, 0) is 13.0 Å². The number of nitrogens with zero attached hydrogens (tertiary/aromatic N) is 3. The maximum absolute atomic E-state index is 6.18. The van der Waals surface area contributed by atoms with Crippen molar-refractivity contribution in [3.05, 3.63) is 71.0 Å². The number of benzene rings is 2. The third-order valence-electron chi connectivity index (χ3n) is 3.44. The molecule has 1 heterocycles. The average molecular weight is 298 g/mol.